The maximum absolute atomic E-state index is 13.6. The highest BCUT2D eigenvalue weighted by Gasteiger charge is 2.13. The Kier molecular flexibility index (Phi) is 6.69. The second kappa shape index (κ2) is 9.60. The molecule has 8 heteroatoms. The van der Waals surface area contributed by atoms with E-state index in [0.29, 0.717) is 16.8 Å². The Balaban J connectivity index is 1.57. The van der Waals surface area contributed by atoms with Gasteiger partial charge in [-0.2, -0.15) is 0 Å². The van der Waals surface area contributed by atoms with Gasteiger partial charge in [-0.3, -0.25) is 14.6 Å². The van der Waals surface area contributed by atoms with Gasteiger partial charge in [0.1, 0.15) is 12.4 Å². The predicted octanol–water partition coefficient (Wildman–Crippen LogP) is 3.81. The average molecular weight is 411 g/mol. The average Bonchev–Trinajstić information content (AvgIpc) is 2.74. The van der Waals surface area contributed by atoms with Crippen molar-refractivity contribution < 1.29 is 23.1 Å². The summed E-state index contributed by atoms with van der Waals surface area (Å²) >= 11 is 0. The van der Waals surface area contributed by atoms with Gasteiger partial charge < -0.3 is 15.4 Å². The quantitative estimate of drug-likeness (QED) is 0.620. The number of aromatic nitrogens is 1. The summed E-state index contributed by atoms with van der Waals surface area (Å²) < 4.78 is 31.8. The lowest BCUT2D eigenvalue weighted by molar-refractivity contribution is 0.0925. The van der Waals surface area contributed by atoms with Crippen molar-refractivity contribution in [2.45, 2.75) is 13.0 Å². The van der Waals surface area contributed by atoms with E-state index in [1.165, 1.54) is 18.3 Å². The lowest BCUT2D eigenvalue weighted by Crippen LogP contribution is -2.36. The summed E-state index contributed by atoms with van der Waals surface area (Å²) in [5.41, 5.74) is 1.18. The first-order chi connectivity index (χ1) is 14.4. The number of anilines is 1. The molecule has 0 saturated heterocycles. The smallest absolute Gasteiger partial charge is 0.257 e. The van der Waals surface area contributed by atoms with Crippen LogP contribution in [0.15, 0.2) is 67.0 Å². The van der Waals surface area contributed by atoms with Crippen LogP contribution in [-0.2, 0) is 0 Å². The van der Waals surface area contributed by atoms with Crippen LogP contribution < -0.4 is 15.4 Å². The van der Waals surface area contributed by atoms with Crippen LogP contribution in [0, 0.1) is 11.6 Å². The van der Waals surface area contributed by atoms with Crippen LogP contribution in [0.25, 0.3) is 0 Å². The molecule has 2 amide bonds. The molecule has 6 nitrogen and oxygen atoms in total. The Morgan fingerprint density at radius 3 is 2.57 bits per heavy atom. The van der Waals surface area contributed by atoms with Crippen LogP contribution in [-0.4, -0.2) is 29.4 Å². The Labute approximate surface area is 171 Å². The molecule has 1 unspecified atom stereocenters. The summed E-state index contributed by atoms with van der Waals surface area (Å²) in [6.45, 7) is 1.68. The lowest BCUT2D eigenvalue weighted by atomic mass is 10.1. The Morgan fingerprint density at radius 2 is 1.83 bits per heavy atom. The van der Waals surface area contributed by atoms with E-state index >= 15 is 0 Å². The zero-order valence-corrected chi connectivity index (χ0v) is 16.1. The Bertz CT molecular complexity index is 1040. The topological polar surface area (TPSA) is 80.3 Å². The zero-order valence-electron chi connectivity index (χ0n) is 16.1. The van der Waals surface area contributed by atoms with E-state index in [1.807, 2.05) is 0 Å². The molecule has 0 aliphatic rings. The first-order valence-electron chi connectivity index (χ1n) is 9.12. The minimum atomic E-state index is -0.814. The molecule has 0 bridgehead atoms. The van der Waals surface area contributed by atoms with Crippen LogP contribution in [0.4, 0.5) is 14.5 Å². The van der Waals surface area contributed by atoms with E-state index in [1.54, 1.807) is 43.5 Å². The van der Waals surface area contributed by atoms with Crippen molar-refractivity contribution in [1.82, 2.24) is 10.3 Å². The number of carbonyl (C=O) groups is 2. The number of nitrogens with one attached hydrogen (secondary N) is 2. The minimum Gasteiger partial charge on any atom is -0.488 e. The van der Waals surface area contributed by atoms with Crippen LogP contribution in [0.3, 0.4) is 0 Å². The SMILES string of the molecule is CC(COc1ccc(F)cc1F)NC(=O)c1cccc(NC(=O)c2cccnc2)c1. The van der Waals surface area contributed by atoms with Crippen molar-refractivity contribution in [3.05, 3.63) is 89.8 Å². The van der Waals surface area contributed by atoms with Crippen LogP contribution in [0.2, 0.25) is 0 Å². The minimum absolute atomic E-state index is 0.00821. The largest absolute Gasteiger partial charge is 0.488 e. The lowest BCUT2D eigenvalue weighted by Gasteiger charge is -2.16. The van der Waals surface area contributed by atoms with E-state index in [4.69, 9.17) is 4.74 Å². The number of amides is 2. The third kappa shape index (κ3) is 5.60. The molecule has 3 aromatic rings. The number of hydrogen-bond acceptors (Lipinski definition) is 4. The number of pyridine rings is 1. The summed E-state index contributed by atoms with van der Waals surface area (Å²) in [6, 6.07) is 12.3. The van der Waals surface area contributed by atoms with Crippen molar-refractivity contribution >= 4 is 17.5 Å². The summed E-state index contributed by atoms with van der Waals surface area (Å²) in [7, 11) is 0. The van der Waals surface area contributed by atoms with Gasteiger partial charge in [-0.1, -0.05) is 6.07 Å². The van der Waals surface area contributed by atoms with Crippen molar-refractivity contribution in [1.29, 1.82) is 0 Å². The second-order valence-electron chi connectivity index (χ2n) is 6.54. The maximum atomic E-state index is 13.6. The molecule has 30 heavy (non-hydrogen) atoms. The van der Waals surface area contributed by atoms with Gasteiger partial charge in [-0.25, -0.2) is 8.78 Å². The van der Waals surface area contributed by atoms with Gasteiger partial charge in [0.2, 0.25) is 0 Å². The number of nitrogens with zero attached hydrogens (tertiary/aromatic N) is 1. The highest BCUT2D eigenvalue weighted by molar-refractivity contribution is 6.04. The summed E-state index contributed by atoms with van der Waals surface area (Å²) in [6.07, 6.45) is 3.01. The van der Waals surface area contributed by atoms with Crippen LogP contribution in [0.5, 0.6) is 5.75 Å². The van der Waals surface area contributed by atoms with Crippen molar-refractivity contribution in [3.8, 4) is 5.75 Å². The number of hydrogen-bond donors (Lipinski definition) is 2. The van der Waals surface area contributed by atoms with Crippen LogP contribution in [0.1, 0.15) is 27.6 Å². The highest BCUT2D eigenvalue weighted by atomic mass is 19.1. The van der Waals surface area contributed by atoms with E-state index in [-0.39, 0.29) is 24.2 Å². The molecule has 0 spiro atoms. The van der Waals surface area contributed by atoms with Crippen molar-refractivity contribution in [2.75, 3.05) is 11.9 Å². The van der Waals surface area contributed by atoms with Gasteiger partial charge in [0, 0.05) is 29.7 Å². The molecule has 0 saturated carbocycles. The van der Waals surface area contributed by atoms with Gasteiger partial charge in [0.15, 0.2) is 11.6 Å². The molecule has 0 fully saturated rings. The fourth-order valence-electron chi connectivity index (χ4n) is 2.59. The first-order valence-corrected chi connectivity index (χ1v) is 9.12. The number of halogens is 2. The molecule has 0 aliphatic heterocycles. The zero-order chi connectivity index (χ0) is 21.5. The molecule has 0 aliphatic carbocycles. The molecule has 2 aromatic carbocycles. The first kappa shape index (κ1) is 20.9. The number of ether oxygens (including phenoxy) is 1. The summed E-state index contributed by atoms with van der Waals surface area (Å²) in [5, 5.41) is 5.43. The summed E-state index contributed by atoms with van der Waals surface area (Å²) in [4.78, 5) is 28.6. The molecule has 154 valence electrons. The van der Waals surface area contributed by atoms with Crippen molar-refractivity contribution in [3.63, 3.8) is 0 Å². The standard InChI is InChI=1S/C22H19F2N3O3/c1-14(13-30-20-8-7-17(23)11-19(20)24)26-21(28)15-4-2-6-18(10-15)27-22(29)16-5-3-9-25-12-16/h2-12,14H,13H2,1H3,(H,26,28)(H,27,29). The highest BCUT2D eigenvalue weighted by Crippen LogP contribution is 2.18. The fourth-order valence-corrected chi connectivity index (χ4v) is 2.59. The second-order valence-corrected chi connectivity index (χ2v) is 6.54. The monoisotopic (exact) mass is 411 g/mol. The van der Waals surface area contributed by atoms with Crippen molar-refractivity contribution in [2.24, 2.45) is 0 Å². The number of benzene rings is 2. The van der Waals surface area contributed by atoms with Gasteiger partial charge in [-0.05, 0) is 49.4 Å². The van der Waals surface area contributed by atoms with E-state index in [2.05, 4.69) is 15.6 Å². The molecule has 1 atom stereocenters. The molecule has 2 N–H and O–H groups in total. The Hall–Kier alpha value is -3.81. The fraction of sp³-hybridized carbons (Fsp3) is 0.136. The Morgan fingerprint density at radius 1 is 1.03 bits per heavy atom. The van der Waals surface area contributed by atoms with Gasteiger partial charge >= 0.3 is 0 Å². The van der Waals surface area contributed by atoms with Gasteiger partial charge in [0.05, 0.1) is 11.6 Å². The van der Waals surface area contributed by atoms with Gasteiger partial charge in [0.25, 0.3) is 11.8 Å². The van der Waals surface area contributed by atoms with E-state index in [9.17, 15) is 18.4 Å². The third-order valence-electron chi connectivity index (χ3n) is 4.07. The maximum Gasteiger partial charge on any atom is 0.257 e. The third-order valence-corrected chi connectivity index (χ3v) is 4.07. The molecule has 1 aromatic heterocycles. The molecular weight excluding hydrogens is 392 g/mol. The molecular formula is C22H19F2N3O3. The predicted molar refractivity (Wildman–Crippen MR) is 107 cm³/mol. The molecule has 3 rings (SSSR count). The van der Waals surface area contributed by atoms with E-state index in [0.717, 1.165) is 12.1 Å². The van der Waals surface area contributed by atoms with Crippen LogP contribution >= 0.6 is 0 Å². The number of carbonyl (C=O) groups excluding carboxylic acids is 2. The molecule has 0 radical (unpaired) electrons. The normalized spacial score (nSPS) is 11.4. The molecule has 1 heterocycles. The summed E-state index contributed by atoms with van der Waals surface area (Å²) in [5.74, 6) is -2.34. The van der Waals surface area contributed by atoms with Gasteiger partial charge in [-0.15, -0.1) is 0 Å². The van der Waals surface area contributed by atoms with E-state index < -0.39 is 17.7 Å². The number of rotatable bonds is 7.